The fraction of sp³-hybridized carbons (Fsp3) is 0.167. The van der Waals surface area contributed by atoms with Gasteiger partial charge >= 0.3 is 0 Å². The smallest absolute Gasteiger partial charge is 0.0250 e. The van der Waals surface area contributed by atoms with E-state index in [1.807, 2.05) is 19.9 Å². The topological polar surface area (TPSA) is 0 Å². The van der Waals surface area contributed by atoms with Crippen molar-refractivity contribution in [2.24, 2.45) is 0 Å². The van der Waals surface area contributed by atoms with Crippen LogP contribution in [0.5, 0.6) is 0 Å². The van der Waals surface area contributed by atoms with E-state index in [0.717, 1.165) is 21.2 Å². The molecule has 0 heterocycles. The van der Waals surface area contributed by atoms with E-state index in [4.69, 9.17) is 0 Å². The van der Waals surface area contributed by atoms with Gasteiger partial charge in [-0.3, -0.25) is 0 Å². The van der Waals surface area contributed by atoms with E-state index >= 15 is 0 Å². The summed E-state index contributed by atoms with van der Waals surface area (Å²) in [5.74, 6) is 0. The maximum absolute atomic E-state index is 3.93. The molecule has 0 fully saturated rings. The van der Waals surface area contributed by atoms with Gasteiger partial charge in [-0.05, 0) is 42.7 Å². The zero-order chi connectivity index (χ0) is 10.0. The quantitative estimate of drug-likeness (QED) is 0.709. The summed E-state index contributed by atoms with van der Waals surface area (Å²) in [6.45, 7) is 11.8. The van der Waals surface area contributed by atoms with E-state index < -0.39 is 0 Å². The van der Waals surface area contributed by atoms with Crippen molar-refractivity contribution in [1.82, 2.24) is 0 Å². The molecule has 1 heteroatoms. The SMILES string of the molecule is C=C(C)c1ccc(Br)c(C(=C)C)c1. The number of hydrogen-bond donors (Lipinski definition) is 0. The lowest BCUT2D eigenvalue weighted by Gasteiger charge is -2.06. The third kappa shape index (κ3) is 2.31. The summed E-state index contributed by atoms with van der Waals surface area (Å²) in [5.41, 5.74) is 4.46. The van der Waals surface area contributed by atoms with Gasteiger partial charge < -0.3 is 0 Å². The highest BCUT2D eigenvalue weighted by Gasteiger charge is 2.02. The summed E-state index contributed by atoms with van der Waals surface area (Å²) in [6, 6.07) is 6.20. The molecule has 0 aromatic heterocycles. The van der Waals surface area contributed by atoms with Gasteiger partial charge in [-0.25, -0.2) is 0 Å². The highest BCUT2D eigenvalue weighted by atomic mass is 79.9. The van der Waals surface area contributed by atoms with Crippen molar-refractivity contribution in [3.8, 4) is 0 Å². The summed E-state index contributed by atoms with van der Waals surface area (Å²) >= 11 is 3.49. The molecule has 0 saturated carbocycles. The molecule has 0 amide bonds. The largest absolute Gasteiger partial charge is 0.0955 e. The van der Waals surface area contributed by atoms with E-state index in [-0.39, 0.29) is 0 Å². The molecule has 1 rings (SSSR count). The third-order valence-electron chi connectivity index (χ3n) is 1.92. The third-order valence-corrected chi connectivity index (χ3v) is 2.61. The van der Waals surface area contributed by atoms with Crippen LogP contribution in [0.25, 0.3) is 11.1 Å². The van der Waals surface area contributed by atoms with Crippen molar-refractivity contribution in [3.63, 3.8) is 0 Å². The predicted octanol–water partition coefficient (Wildman–Crippen LogP) is 4.52. The second kappa shape index (κ2) is 3.93. The van der Waals surface area contributed by atoms with Crippen LogP contribution in [0, 0.1) is 0 Å². The number of allylic oxidation sites excluding steroid dienone is 2. The first kappa shape index (κ1) is 10.3. The first-order chi connectivity index (χ1) is 6.02. The van der Waals surface area contributed by atoms with Crippen molar-refractivity contribution in [2.45, 2.75) is 13.8 Å². The van der Waals surface area contributed by atoms with Crippen molar-refractivity contribution in [3.05, 3.63) is 47.0 Å². The van der Waals surface area contributed by atoms with E-state index in [0.29, 0.717) is 0 Å². The zero-order valence-corrected chi connectivity index (χ0v) is 9.61. The highest BCUT2D eigenvalue weighted by molar-refractivity contribution is 9.10. The van der Waals surface area contributed by atoms with Gasteiger partial charge in [0.15, 0.2) is 0 Å². The van der Waals surface area contributed by atoms with Crippen LogP contribution in [0.4, 0.5) is 0 Å². The fourth-order valence-electron chi connectivity index (χ4n) is 1.12. The van der Waals surface area contributed by atoms with E-state index in [2.05, 4.69) is 41.2 Å². The van der Waals surface area contributed by atoms with Crippen LogP contribution >= 0.6 is 15.9 Å². The molecule has 68 valence electrons. The summed E-state index contributed by atoms with van der Waals surface area (Å²) < 4.78 is 1.09. The maximum atomic E-state index is 3.93. The monoisotopic (exact) mass is 236 g/mol. The number of rotatable bonds is 2. The van der Waals surface area contributed by atoms with Crippen molar-refractivity contribution >= 4 is 27.1 Å². The standard InChI is InChI=1S/C12H13Br/c1-8(2)10-5-6-12(13)11(7-10)9(3)4/h5-7H,1,3H2,2,4H3. The summed E-state index contributed by atoms with van der Waals surface area (Å²) in [5, 5.41) is 0. The van der Waals surface area contributed by atoms with Gasteiger partial charge in [0.1, 0.15) is 0 Å². The molecule has 0 saturated heterocycles. The lowest BCUT2D eigenvalue weighted by molar-refractivity contribution is 1.49. The molecule has 0 aliphatic carbocycles. The molecule has 0 atom stereocenters. The molecule has 0 unspecified atom stereocenters. The number of benzene rings is 1. The average molecular weight is 237 g/mol. The Balaban J connectivity index is 3.27. The second-order valence-electron chi connectivity index (χ2n) is 3.26. The molecule has 0 spiro atoms. The van der Waals surface area contributed by atoms with Crippen LogP contribution in [0.3, 0.4) is 0 Å². The second-order valence-corrected chi connectivity index (χ2v) is 4.11. The van der Waals surface area contributed by atoms with Crippen molar-refractivity contribution in [2.75, 3.05) is 0 Å². The minimum atomic E-state index is 1.06. The Morgan fingerprint density at radius 1 is 1.15 bits per heavy atom. The van der Waals surface area contributed by atoms with Gasteiger partial charge in [0, 0.05) is 4.47 Å². The molecule has 0 nitrogen and oxygen atoms in total. The first-order valence-corrected chi connectivity index (χ1v) is 4.93. The highest BCUT2D eigenvalue weighted by Crippen LogP contribution is 2.26. The predicted molar refractivity (Wildman–Crippen MR) is 63.6 cm³/mol. The first-order valence-electron chi connectivity index (χ1n) is 4.13. The lowest BCUT2D eigenvalue weighted by atomic mass is 10.0. The number of hydrogen-bond acceptors (Lipinski definition) is 0. The Bertz CT molecular complexity index is 361. The number of halogens is 1. The lowest BCUT2D eigenvalue weighted by Crippen LogP contribution is -1.84. The fourth-order valence-corrected chi connectivity index (χ4v) is 1.70. The van der Waals surface area contributed by atoms with Crippen LogP contribution in [0.1, 0.15) is 25.0 Å². The Kier molecular flexibility index (Phi) is 3.10. The minimum absolute atomic E-state index is 1.06. The van der Waals surface area contributed by atoms with Crippen LogP contribution in [-0.2, 0) is 0 Å². The van der Waals surface area contributed by atoms with Gasteiger partial charge in [-0.1, -0.05) is 40.7 Å². The molecule has 0 N–H and O–H groups in total. The van der Waals surface area contributed by atoms with Gasteiger partial charge in [0.25, 0.3) is 0 Å². The van der Waals surface area contributed by atoms with Crippen molar-refractivity contribution < 1.29 is 0 Å². The van der Waals surface area contributed by atoms with E-state index in [1.165, 1.54) is 5.56 Å². The van der Waals surface area contributed by atoms with Crippen LogP contribution in [-0.4, -0.2) is 0 Å². The Morgan fingerprint density at radius 3 is 2.23 bits per heavy atom. The van der Waals surface area contributed by atoms with Gasteiger partial charge in [-0.2, -0.15) is 0 Å². The Hall–Kier alpha value is -0.820. The van der Waals surface area contributed by atoms with Gasteiger partial charge in [0.05, 0.1) is 0 Å². The molecular weight excluding hydrogens is 224 g/mol. The average Bonchev–Trinajstić information content (AvgIpc) is 2.04. The van der Waals surface area contributed by atoms with Crippen LogP contribution in [0.15, 0.2) is 35.8 Å². The summed E-state index contributed by atoms with van der Waals surface area (Å²) in [4.78, 5) is 0. The molecule has 0 radical (unpaired) electrons. The van der Waals surface area contributed by atoms with Gasteiger partial charge in [0.2, 0.25) is 0 Å². The molecule has 1 aromatic carbocycles. The summed E-state index contributed by atoms with van der Waals surface area (Å²) in [6.07, 6.45) is 0. The van der Waals surface area contributed by atoms with E-state index in [1.54, 1.807) is 0 Å². The molecule has 0 aliphatic rings. The van der Waals surface area contributed by atoms with Crippen molar-refractivity contribution in [1.29, 1.82) is 0 Å². The van der Waals surface area contributed by atoms with E-state index in [9.17, 15) is 0 Å². The molecule has 0 aliphatic heterocycles. The summed E-state index contributed by atoms with van der Waals surface area (Å²) in [7, 11) is 0. The Morgan fingerprint density at radius 2 is 1.77 bits per heavy atom. The molecular formula is C12H13Br. The van der Waals surface area contributed by atoms with Crippen LogP contribution in [0.2, 0.25) is 0 Å². The molecule has 13 heavy (non-hydrogen) atoms. The Labute approximate surface area is 88.1 Å². The maximum Gasteiger partial charge on any atom is 0.0250 e. The van der Waals surface area contributed by atoms with Crippen LogP contribution < -0.4 is 0 Å². The zero-order valence-electron chi connectivity index (χ0n) is 8.02. The minimum Gasteiger partial charge on any atom is -0.0955 e. The van der Waals surface area contributed by atoms with Gasteiger partial charge in [-0.15, -0.1) is 0 Å². The normalized spacial score (nSPS) is 9.77. The molecule has 1 aromatic rings. The molecule has 0 bridgehead atoms.